The number of halogens is 6. The van der Waals surface area contributed by atoms with Gasteiger partial charge in [0.25, 0.3) is 0 Å². The maximum atomic E-state index is 13.0. The zero-order valence-corrected chi connectivity index (χ0v) is 13.4. The van der Waals surface area contributed by atoms with Crippen molar-refractivity contribution in [1.29, 1.82) is 0 Å². The van der Waals surface area contributed by atoms with Crippen LogP contribution in [0, 0.1) is 14.4 Å². The van der Waals surface area contributed by atoms with Crippen LogP contribution in [0.2, 0.25) is 0 Å². The van der Waals surface area contributed by atoms with Gasteiger partial charge in [0.15, 0.2) is 0 Å². The molecular formula is C12H14ClF5MgO. The summed E-state index contributed by atoms with van der Waals surface area (Å²) in [6, 6.07) is 2.51. The minimum Gasteiger partial charge on any atom is -1.00 e. The van der Waals surface area contributed by atoms with Crippen LogP contribution in [0.1, 0.15) is 29.7 Å². The van der Waals surface area contributed by atoms with Crippen LogP contribution in [0.3, 0.4) is 0 Å². The van der Waals surface area contributed by atoms with Gasteiger partial charge in [0, 0.05) is 5.56 Å². The molecular weight excluding hydrogens is 315 g/mol. The van der Waals surface area contributed by atoms with Gasteiger partial charge in [-0.2, -0.15) is 22.0 Å². The number of alkyl halides is 5. The Morgan fingerprint density at radius 3 is 1.85 bits per heavy atom. The van der Waals surface area contributed by atoms with Gasteiger partial charge in [0.2, 0.25) is 0 Å². The summed E-state index contributed by atoms with van der Waals surface area (Å²) in [6.45, 7) is 2.78. The van der Waals surface area contributed by atoms with Crippen molar-refractivity contribution in [2.24, 2.45) is 0 Å². The summed E-state index contributed by atoms with van der Waals surface area (Å²) < 4.78 is 62.3. The molecule has 1 aromatic carbocycles. The molecule has 1 atom stereocenters. The Balaban J connectivity index is -0.000000963. The van der Waals surface area contributed by atoms with Gasteiger partial charge < -0.3 is 24.9 Å². The number of aryl methyl sites for hydroxylation is 1. The van der Waals surface area contributed by atoms with Crippen LogP contribution >= 0.6 is 0 Å². The van der Waals surface area contributed by atoms with Gasteiger partial charge in [-0.1, -0.05) is 12.1 Å². The van der Waals surface area contributed by atoms with E-state index in [0.717, 1.165) is 12.1 Å². The van der Waals surface area contributed by atoms with Gasteiger partial charge in [-0.25, -0.2) is 0 Å². The molecule has 1 unspecified atom stereocenters. The van der Waals surface area contributed by atoms with E-state index < -0.39 is 23.8 Å². The Kier molecular flexibility index (Phi) is 10.4. The second kappa shape index (κ2) is 8.36. The molecule has 0 saturated carbocycles. The minimum absolute atomic E-state index is 0. The van der Waals surface area contributed by atoms with Crippen LogP contribution in [0.15, 0.2) is 18.2 Å². The molecule has 1 rings (SSSR count). The summed E-state index contributed by atoms with van der Waals surface area (Å²) >= 11 is 0. The van der Waals surface area contributed by atoms with Crippen LogP contribution in [-0.2, 0) is 5.92 Å². The first-order valence-electron chi connectivity index (χ1n) is 4.81. The Morgan fingerprint density at radius 1 is 1.10 bits per heavy atom. The smallest absolute Gasteiger partial charge is 1.00 e. The molecule has 0 radical (unpaired) electrons. The van der Waals surface area contributed by atoms with Crippen molar-refractivity contribution in [3.8, 4) is 0 Å². The average molecular weight is 329 g/mol. The van der Waals surface area contributed by atoms with E-state index in [9.17, 15) is 27.1 Å². The normalized spacial score (nSPS) is 12.6. The molecule has 0 bridgehead atoms. The van der Waals surface area contributed by atoms with Crippen LogP contribution < -0.4 is 12.4 Å². The third kappa shape index (κ3) is 5.02. The van der Waals surface area contributed by atoms with E-state index in [0.29, 0.717) is 11.6 Å². The maximum Gasteiger partial charge on any atom is 2.00 e. The third-order valence-corrected chi connectivity index (χ3v) is 2.44. The van der Waals surface area contributed by atoms with E-state index >= 15 is 0 Å². The molecule has 0 saturated heterocycles. The monoisotopic (exact) mass is 328 g/mol. The van der Waals surface area contributed by atoms with Crippen LogP contribution in [0.5, 0.6) is 0 Å². The van der Waals surface area contributed by atoms with Crippen molar-refractivity contribution in [3.63, 3.8) is 0 Å². The molecule has 0 spiro atoms. The summed E-state index contributed by atoms with van der Waals surface area (Å²) in [6.07, 6.45) is -6.53. The maximum absolute atomic E-state index is 13.0. The molecule has 0 aliphatic carbocycles. The molecule has 20 heavy (non-hydrogen) atoms. The number of aliphatic hydroxyl groups excluding tert-OH is 1. The summed E-state index contributed by atoms with van der Waals surface area (Å²) in [5, 5.41) is 9.25. The van der Waals surface area contributed by atoms with Gasteiger partial charge in [-0.05, 0) is 31.0 Å². The van der Waals surface area contributed by atoms with Gasteiger partial charge in [0.1, 0.15) is 0 Å². The molecule has 0 fully saturated rings. The van der Waals surface area contributed by atoms with E-state index in [1.807, 2.05) is 0 Å². The van der Waals surface area contributed by atoms with Gasteiger partial charge in [-0.15, -0.1) is 0 Å². The topological polar surface area (TPSA) is 20.2 Å². The number of aliphatic hydroxyl groups is 1. The van der Waals surface area contributed by atoms with Crippen molar-refractivity contribution < 1.29 is 39.5 Å². The van der Waals surface area contributed by atoms with E-state index in [1.54, 1.807) is 0 Å². The first kappa shape index (κ1) is 24.9. The Labute approximate surface area is 137 Å². The molecule has 1 aromatic rings. The van der Waals surface area contributed by atoms with Crippen LogP contribution in [0.4, 0.5) is 22.0 Å². The zero-order chi connectivity index (χ0) is 13.4. The molecule has 1 N–H and O–H groups in total. The number of hydrogen-bond donors (Lipinski definition) is 1. The van der Waals surface area contributed by atoms with Gasteiger partial charge in [0.05, 0.1) is 6.10 Å². The number of benzene rings is 1. The SMILES string of the molecule is Cc1cc(C(F)(F)C(F)(F)F)ccc1C(C)O.[CH3-].[Cl-].[Mg+2]. The van der Waals surface area contributed by atoms with Crippen molar-refractivity contribution in [3.05, 3.63) is 42.3 Å². The average Bonchev–Trinajstić information content (AvgIpc) is 2.14. The summed E-state index contributed by atoms with van der Waals surface area (Å²) in [5.74, 6) is -4.88. The molecule has 0 aliphatic heterocycles. The van der Waals surface area contributed by atoms with Crippen LogP contribution in [-0.4, -0.2) is 34.3 Å². The van der Waals surface area contributed by atoms with Gasteiger partial charge >= 0.3 is 35.2 Å². The zero-order valence-electron chi connectivity index (χ0n) is 11.2. The number of hydrogen-bond acceptors (Lipinski definition) is 1. The fourth-order valence-corrected chi connectivity index (χ4v) is 1.50. The second-order valence-corrected chi connectivity index (χ2v) is 3.82. The first-order chi connectivity index (χ1) is 7.57. The summed E-state index contributed by atoms with van der Waals surface area (Å²) in [5.41, 5.74) is -0.597. The van der Waals surface area contributed by atoms with E-state index in [2.05, 4.69) is 0 Å². The Bertz CT molecular complexity index is 421. The largest absolute Gasteiger partial charge is 2.00 e. The molecule has 0 heterocycles. The second-order valence-electron chi connectivity index (χ2n) is 3.82. The fraction of sp³-hybridized carbons (Fsp3) is 0.417. The molecule has 8 heteroatoms. The Hall–Kier alpha value is -0.114. The first-order valence-corrected chi connectivity index (χ1v) is 4.81. The fourth-order valence-electron chi connectivity index (χ4n) is 1.50. The minimum atomic E-state index is -5.62. The number of rotatable bonds is 2. The van der Waals surface area contributed by atoms with Crippen molar-refractivity contribution >= 4 is 23.1 Å². The van der Waals surface area contributed by atoms with Crippen molar-refractivity contribution in [2.75, 3.05) is 0 Å². The van der Waals surface area contributed by atoms with E-state index in [-0.39, 0.29) is 48.4 Å². The van der Waals surface area contributed by atoms with Crippen molar-refractivity contribution in [2.45, 2.75) is 32.1 Å². The molecule has 112 valence electrons. The molecule has 0 aliphatic rings. The molecule has 0 amide bonds. The van der Waals surface area contributed by atoms with Crippen molar-refractivity contribution in [1.82, 2.24) is 0 Å². The molecule has 0 aromatic heterocycles. The summed E-state index contributed by atoms with van der Waals surface area (Å²) in [7, 11) is 0. The standard InChI is InChI=1S/C11H11F5O.CH3.ClH.Mg/c1-6-5-8(3-4-9(6)7(2)17)10(12,13)11(14,15)16;;;/h3-5,7,17H,1-2H3;1H3;1H;/q;-1;;+2/p-1. The molecule has 1 nitrogen and oxygen atoms in total. The predicted octanol–water partition coefficient (Wildman–Crippen LogP) is 0.776. The quantitative estimate of drug-likeness (QED) is 0.483. The van der Waals surface area contributed by atoms with E-state index in [4.69, 9.17) is 0 Å². The third-order valence-electron chi connectivity index (χ3n) is 2.44. The summed E-state index contributed by atoms with van der Waals surface area (Å²) in [4.78, 5) is 0. The predicted molar refractivity (Wildman–Crippen MR) is 63.9 cm³/mol. The van der Waals surface area contributed by atoms with E-state index in [1.165, 1.54) is 13.8 Å². The Morgan fingerprint density at radius 2 is 1.55 bits per heavy atom. The van der Waals surface area contributed by atoms with Crippen LogP contribution in [0.25, 0.3) is 0 Å². The van der Waals surface area contributed by atoms with Gasteiger partial charge in [-0.3, -0.25) is 0 Å².